The van der Waals surface area contributed by atoms with E-state index in [0.29, 0.717) is 13.1 Å². The van der Waals surface area contributed by atoms with Crippen LogP contribution in [-0.2, 0) is 23.8 Å². The van der Waals surface area contributed by atoms with Gasteiger partial charge in [0.25, 0.3) is 11.7 Å². The fourth-order valence-corrected chi connectivity index (χ4v) is 8.15. The van der Waals surface area contributed by atoms with E-state index in [2.05, 4.69) is 10.3 Å². The zero-order valence-corrected chi connectivity index (χ0v) is 35.2. The maximum atomic E-state index is 14.6. The number of nitrogens with one attached hydrogen (secondary N) is 1. The summed E-state index contributed by atoms with van der Waals surface area (Å²) in [6.07, 6.45) is 8.70. The third-order valence-electron chi connectivity index (χ3n) is 11.9. The summed E-state index contributed by atoms with van der Waals surface area (Å²) in [6.45, 7) is 13.7. The maximum Gasteiger partial charge on any atom is 0.312 e. The van der Waals surface area contributed by atoms with Crippen LogP contribution in [0.25, 0.3) is 0 Å². The number of benzene rings is 1. The molecule has 6 rings (SSSR count). The highest BCUT2D eigenvalue weighted by molar-refractivity contribution is 6.32. The summed E-state index contributed by atoms with van der Waals surface area (Å²) < 4.78 is 23.5. The number of aliphatic hydroxyl groups excluding tert-OH is 2. The Morgan fingerprint density at radius 1 is 0.932 bits per heavy atom. The second-order valence-corrected chi connectivity index (χ2v) is 16.2. The lowest BCUT2D eigenvalue weighted by atomic mass is 9.78. The summed E-state index contributed by atoms with van der Waals surface area (Å²) in [5, 5.41) is 36.9. The number of phenols is 1. The number of methoxy groups -OCH3 is 1. The van der Waals surface area contributed by atoms with E-state index < -0.39 is 111 Å². The van der Waals surface area contributed by atoms with Crippen molar-refractivity contribution in [3.05, 3.63) is 69.8 Å². The second-order valence-electron chi connectivity index (χ2n) is 16.2. The molecule has 1 saturated heterocycles. The van der Waals surface area contributed by atoms with E-state index >= 15 is 0 Å². The Kier molecular flexibility index (Phi) is 14.0. The quantitative estimate of drug-likeness (QED) is 0.182. The van der Waals surface area contributed by atoms with Crippen molar-refractivity contribution >= 4 is 35.6 Å². The molecule has 1 aliphatic carbocycles. The number of hydrogen-bond acceptors (Lipinski definition) is 13. The summed E-state index contributed by atoms with van der Waals surface area (Å²) in [7, 11) is 1.43. The molecule has 4 N–H and O–H groups in total. The first-order valence-electron chi connectivity index (χ1n) is 20.2. The number of ether oxygens (including phenoxy) is 4. The Labute approximate surface area is 344 Å². The number of ketones is 3. The van der Waals surface area contributed by atoms with Crippen molar-refractivity contribution in [2.24, 2.45) is 28.7 Å². The fraction of sp³-hybridized carbons (Fsp3) is 0.545. The lowest BCUT2D eigenvalue weighted by Crippen LogP contribution is -2.46. The first kappa shape index (κ1) is 45.0. The van der Waals surface area contributed by atoms with Gasteiger partial charge in [0, 0.05) is 68.9 Å². The molecular formula is C44H57N3O12. The van der Waals surface area contributed by atoms with E-state index in [1.165, 1.54) is 59.6 Å². The number of amides is 1. The third kappa shape index (κ3) is 9.07. The Morgan fingerprint density at radius 3 is 2.22 bits per heavy atom. The van der Waals surface area contributed by atoms with E-state index in [9.17, 15) is 39.3 Å². The highest BCUT2D eigenvalue weighted by Gasteiger charge is 2.53. The molecule has 0 saturated carbocycles. The third-order valence-corrected chi connectivity index (χ3v) is 11.9. The average Bonchev–Trinajstić information content (AvgIpc) is 3.33. The second kappa shape index (κ2) is 18.4. The van der Waals surface area contributed by atoms with E-state index in [4.69, 9.17) is 18.9 Å². The Morgan fingerprint density at radius 2 is 1.59 bits per heavy atom. The van der Waals surface area contributed by atoms with Crippen molar-refractivity contribution in [1.82, 2.24) is 10.2 Å². The fourth-order valence-electron chi connectivity index (χ4n) is 8.15. The molecular weight excluding hydrogens is 762 g/mol. The monoisotopic (exact) mass is 819 g/mol. The Balaban J connectivity index is 1.66. The minimum atomic E-state index is -2.09. The zero-order valence-electron chi connectivity index (χ0n) is 35.2. The van der Waals surface area contributed by atoms with Crippen molar-refractivity contribution in [2.45, 2.75) is 111 Å². The van der Waals surface area contributed by atoms with Gasteiger partial charge in [-0.3, -0.25) is 24.0 Å². The number of hydrogen-bond donors (Lipinski definition) is 4. The van der Waals surface area contributed by atoms with Crippen LogP contribution < -0.4 is 10.1 Å². The first-order chi connectivity index (χ1) is 27.8. The van der Waals surface area contributed by atoms with E-state index in [1.807, 2.05) is 4.90 Å². The van der Waals surface area contributed by atoms with Gasteiger partial charge in [0.1, 0.15) is 29.0 Å². The summed E-state index contributed by atoms with van der Waals surface area (Å²) in [5.41, 5.74) is -1.98. The Hall–Kier alpha value is -5.12. The topological polar surface area (TPSA) is 211 Å². The molecule has 0 spiro atoms. The van der Waals surface area contributed by atoms with Crippen LogP contribution in [0.3, 0.4) is 0 Å². The van der Waals surface area contributed by atoms with Crippen LogP contribution in [0.15, 0.2) is 52.5 Å². The molecule has 1 aromatic rings. The van der Waals surface area contributed by atoms with Gasteiger partial charge in [-0.05, 0) is 32.8 Å². The van der Waals surface area contributed by atoms with Gasteiger partial charge < -0.3 is 44.5 Å². The number of phenolic OH excluding ortho intramolecular Hbond substituents is 1. The van der Waals surface area contributed by atoms with Crippen molar-refractivity contribution in [3.8, 4) is 11.5 Å². The molecule has 5 bridgehead atoms. The van der Waals surface area contributed by atoms with Gasteiger partial charge in [0.15, 0.2) is 0 Å². The smallest absolute Gasteiger partial charge is 0.312 e. The number of nitrogens with zero attached hydrogens (tertiary/aromatic N) is 2. The minimum Gasteiger partial charge on any atom is -0.507 e. The van der Waals surface area contributed by atoms with E-state index in [0.717, 1.165) is 25.7 Å². The Bertz CT molecular complexity index is 2010. The summed E-state index contributed by atoms with van der Waals surface area (Å²) >= 11 is 0. The molecule has 5 aliphatic rings. The van der Waals surface area contributed by atoms with Gasteiger partial charge >= 0.3 is 11.8 Å². The lowest BCUT2D eigenvalue weighted by molar-refractivity contribution is -0.160. The number of esters is 1. The molecule has 0 aromatic heterocycles. The first-order valence-corrected chi connectivity index (χ1v) is 20.2. The van der Waals surface area contributed by atoms with Crippen molar-refractivity contribution in [3.63, 3.8) is 0 Å². The number of Topliss-reactive ketones (excluding diaryl/α,β-unsaturated/α-hetero) is 3. The molecule has 0 unspecified atom stereocenters. The average molecular weight is 820 g/mol. The van der Waals surface area contributed by atoms with Gasteiger partial charge in [0.2, 0.25) is 11.6 Å². The van der Waals surface area contributed by atoms with Gasteiger partial charge in [-0.25, -0.2) is 4.99 Å². The molecule has 15 nitrogen and oxygen atoms in total. The summed E-state index contributed by atoms with van der Waals surface area (Å²) in [6, 6.07) is 0. The van der Waals surface area contributed by atoms with Gasteiger partial charge in [-0.1, -0.05) is 58.8 Å². The molecule has 9 atom stereocenters. The van der Waals surface area contributed by atoms with Gasteiger partial charge in [-0.2, -0.15) is 0 Å². The van der Waals surface area contributed by atoms with Crippen LogP contribution in [0.2, 0.25) is 0 Å². The van der Waals surface area contributed by atoms with Crippen LogP contribution in [0, 0.1) is 30.6 Å². The summed E-state index contributed by atoms with van der Waals surface area (Å²) in [4.78, 5) is 75.9. The maximum absolute atomic E-state index is 14.6. The van der Waals surface area contributed by atoms with Crippen LogP contribution >= 0.6 is 0 Å². The minimum absolute atomic E-state index is 0.0100. The number of aromatic hydroxyl groups is 1. The number of fused-ring (bicyclic) bond motifs is 14. The molecule has 1 fully saturated rings. The van der Waals surface area contributed by atoms with Crippen molar-refractivity contribution < 1.29 is 58.2 Å². The number of carbonyl (C=O) groups is 5. The molecule has 1 amide bonds. The van der Waals surface area contributed by atoms with E-state index in [-0.39, 0.29) is 22.4 Å². The lowest BCUT2D eigenvalue weighted by Gasteiger charge is -2.38. The molecule has 15 heteroatoms. The highest BCUT2D eigenvalue weighted by atomic mass is 16.7. The number of aliphatic imine (C=N–C) groups is 1. The largest absolute Gasteiger partial charge is 0.507 e. The molecule has 4 aliphatic heterocycles. The van der Waals surface area contributed by atoms with Crippen LogP contribution in [0.4, 0.5) is 0 Å². The molecule has 320 valence electrons. The molecule has 0 radical (unpaired) electrons. The van der Waals surface area contributed by atoms with Crippen LogP contribution in [-0.4, -0.2) is 106 Å². The normalized spacial score (nSPS) is 33.1. The number of aliphatic hydroxyl groups is 2. The summed E-state index contributed by atoms with van der Waals surface area (Å²) in [5.74, 6) is -9.38. The predicted molar refractivity (Wildman–Crippen MR) is 217 cm³/mol. The van der Waals surface area contributed by atoms with Crippen molar-refractivity contribution in [1.29, 1.82) is 0 Å². The van der Waals surface area contributed by atoms with Crippen molar-refractivity contribution in [2.75, 3.05) is 20.2 Å². The molecule has 4 heterocycles. The van der Waals surface area contributed by atoms with Crippen LogP contribution in [0.5, 0.6) is 11.5 Å². The SMILES string of the molecule is CO[C@H]1/C=C/O[C@@]2(C)Oc3c(C)c(O)c4c(c3C2=O)C(=O)C(N=CN2CCCCCC2)=C(NC(=O)/C(C)=C\C=C\[C@H](C)[C@H](O)[C@@H](C)[C@@H](O)[C@@H](C)[C@H](OC(C)=O)[C@@H]1C)C4=O. The van der Waals surface area contributed by atoms with Gasteiger partial charge in [-0.15, -0.1) is 0 Å². The molecule has 59 heavy (non-hydrogen) atoms. The van der Waals surface area contributed by atoms with E-state index in [1.54, 1.807) is 39.8 Å². The molecule has 1 aromatic carbocycles. The standard InChI is InChI=1S/C44H57N3O12/c1-22-15-14-16-23(2)43(55)46-34-33(45-21-47-18-12-10-11-13-19-47)38(52)30-31(39(34)53)37(51)27(6)41-32(30)42(54)44(8,59-41)57-20-17-29(56-9)24(3)40(58-28(7)48)26(5)36(50)25(4)35(22)49/h14-17,20-22,24-26,29,35-36,40,49-51H,10-13,18-19H2,1-9H3,(H,46,55)/b15-14+,20-17+,23-16-,45-21?/t22-,24+,25+,26+,29-,35-,36+,40+,44-/m0/s1. The number of rotatable bonds is 4. The van der Waals surface area contributed by atoms with Gasteiger partial charge in [0.05, 0.1) is 47.6 Å². The predicted octanol–water partition coefficient (Wildman–Crippen LogP) is 4.86. The number of likely N-dealkylation sites (tertiary alicyclic amines) is 1. The highest BCUT2D eigenvalue weighted by Crippen LogP contribution is 2.48. The number of carbonyl (C=O) groups excluding carboxylic acids is 5. The van der Waals surface area contributed by atoms with Crippen LogP contribution in [0.1, 0.15) is 111 Å². The zero-order chi connectivity index (χ0) is 43.5. The number of allylic oxidation sites excluding steroid dienone is 4.